The second-order valence-corrected chi connectivity index (χ2v) is 13.9. The number of hydrogen-bond acceptors (Lipinski definition) is 10. The minimum Gasteiger partial charge on any atom is -0.489 e. The van der Waals surface area contributed by atoms with Crippen LogP contribution in [0, 0.1) is 5.92 Å². The summed E-state index contributed by atoms with van der Waals surface area (Å²) in [5.74, 6) is 1.40. The smallest absolute Gasteiger partial charge is 0.407 e. The molecule has 1 amide bonds. The van der Waals surface area contributed by atoms with Gasteiger partial charge in [0.05, 0.1) is 23.6 Å². The summed E-state index contributed by atoms with van der Waals surface area (Å²) in [6, 6.07) is 20.6. The Labute approximate surface area is 289 Å². The van der Waals surface area contributed by atoms with Gasteiger partial charge in [-0.05, 0) is 61.6 Å². The number of rotatable bonds is 20. The van der Waals surface area contributed by atoms with Crippen molar-refractivity contribution in [1.29, 1.82) is 0 Å². The molecule has 0 aliphatic carbocycles. The summed E-state index contributed by atoms with van der Waals surface area (Å²) in [5, 5.41) is 14.4. The number of hydrogen-bond donors (Lipinski definition) is 2. The first-order valence-electron chi connectivity index (χ1n) is 16.6. The van der Waals surface area contributed by atoms with Crippen molar-refractivity contribution in [2.45, 2.75) is 70.5 Å². The van der Waals surface area contributed by atoms with Crippen molar-refractivity contribution in [3.63, 3.8) is 0 Å². The molecule has 3 aromatic rings. The zero-order chi connectivity index (χ0) is 35.2. The van der Waals surface area contributed by atoms with Gasteiger partial charge in [0, 0.05) is 38.8 Å². The Morgan fingerprint density at radius 2 is 1.61 bits per heavy atom. The molecule has 0 spiro atoms. The van der Waals surface area contributed by atoms with E-state index in [1.807, 2.05) is 82.3 Å². The Bertz CT molecular complexity index is 1550. The number of benzene rings is 3. The highest BCUT2D eigenvalue weighted by Gasteiger charge is 2.32. The van der Waals surface area contributed by atoms with E-state index in [-0.39, 0.29) is 43.7 Å². The molecule has 0 aromatic heterocycles. The molecule has 12 nitrogen and oxygen atoms in total. The van der Waals surface area contributed by atoms with E-state index in [0.29, 0.717) is 43.5 Å². The lowest BCUT2D eigenvalue weighted by Crippen LogP contribution is -2.51. The van der Waals surface area contributed by atoms with Gasteiger partial charge in [-0.2, -0.15) is 4.31 Å². The third kappa shape index (κ3) is 11.6. The number of fused-ring (bicyclic) bond motifs is 1. The van der Waals surface area contributed by atoms with E-state index in [1.54, 1.807) is 6.07 Å². The summed E-state index contributed by atoms with van der Waals surface area (Å²) >= 11 is 0. The molecule has 1 aliphatic rings. The van der Waals surface area contributed by atoms with Crippen LogP contribution in [-0.2, 0) is 37.3 Å². The van der Waals surface area contributed by atoms with Gasteiger partial charge in [0.2, 0.25) is 16.8 Å². The van der Waals surface area contributed by atoms with Gasteiger partial charge in [0.15, 0.2) is 17.8 Å². The number of aliphatic hydroxyl groups excluding tert-OH is 1. The van der Waals surface area contributed by atoms with E-state index in [0.717, 1.165) is 11.1 Å². The molecule has 268 valence electrons. The van der Waals surface area contributed by atoms with Gasteiger partial charge in [0.1, 0.15) is 12.4 Å². The van der Waals surface area contributed by atoms with Crippen LogP contribution in [0.25, 0.3) is 0 Å². The molecule has 2 unspecified atom stereocenters. The molecular weight excluding hydrogens is 652 g/mol. The Morgan fingerprint density at radius 1 is 0.918 bits per heavy atom. The van der Waals surface area contributed by atoms with E-state index in [2.05, 4.69) is 5.32 Å². The highest BCUT2D eigenvalue weighted by Crippen LogP contribution is 2.35. The Balaban J connectivity index is 1.49. The fourth-order valence-electron chi connectivity index (χ4n) is 5.23. The first-order chi connectivity index (χ1) is 23.6. The summed E-state index contributed by atoms with van der Waals surface area (Å²) in [7, 11) is -4.07. The number of carbonyl (C=O) groups is 1. The minimum absolute atomic E-state index is 0.00868. The fraction of sp³-hybridized carbons (Fsp3) is 0.472. The molecule has 2 N–H and O–H groups in total. The molecule has 13 heteroatoms. The van der Waals surface area contributed by atoms with E-state index < -0.39 is 34.6 Å². The number of amides is 1. The first kappa shape index (κ1) is 37.9. The highest BCUT2D eigenvalue weighted by molar-refractivity contribution is 7.89. The normalized spacial score (nSPS) is 13.9. The van der Waals surface area contributed by atoms with Crippen molar-refractivity contribution in [3.05, 3.63) is 83.9 Å². The number of carbonyl (C=O) groups excluding carboxylic acids is 1. The van der Waals surface area contributed by atoms with Crippen LogP contribution in [0.15, 0.2) is 77.7 Å². The molecule has 0 radical (unpaired) electrons. The van der Waals surface area contributed by atoms with Gasteiger partial charge in [-0.1, -0.05) is 56.3 Å². The SMILES string of the molecule is CCOC(CCOC(=O)NC(Cc1ccc(OCc2ccccc2)cc1)C(O)CN(CC(C)C)S(=O)(=O)c1ccc2c(c1)OCO2)OCC. The summed E-state index contributed by atoms with van der Waals surface area (Å²) < 4.78 is 62.1. The zero-order valence-corrected chi connectivity index (χ0v) is 29.4. The number of sulfonamides is 1. The van der Waals surface area contributed by atoms with Crippen LogP contribution in [0.1, 0.15) is 45.2 Å². The lowest BCUT2D eigenvalue weighted by molar-refractivity contribution is -0.144. The molecule has 1 heterocycles. The molecule has 2 atom stereocenters. The van der Waals surface area contributed by atoms with E-state index in [9.17, 15) is 18.3 Å². The number of alkyl carbamates (subject to hydrolysis) is 1. The molecule has 0 fully saturated rings. The average molecular weight is 701 g/mol. The molecule has 0 saturated carbocycles. The molecule has 3 aromatic carbocycles. The maximum atomic E-state index is 13.9. The summed E-state index contributed by atoms with van der Waals surface area (Å²) in [6.45, 7) is 8.66. The second-order valence-electron chi connectivity index (χ2n) is 11.9. The van der Waals surface area contributed by atoms with E-state index >= 15 is 0 Å². The van der Waals surface area contributed by atoms with Crippen LogP contribution < -0.4 is 19.5 Å². The number of ether oxygens (including phenoxy) is 6. The van der Waals surface area contributed by atoms with E-state index in [1.165, 1.54) is 16.4 Å². The molecule has 0 saturated heterocycles. The lowest BCUT2D eigenvalue weighted by atomic mass is 10.0. The number of aliphatic hydroxyl groups is 1. The first-order valence-corrected chi connectivity index (χ1v) is 18.0. The summed E-state index contributed by atoms with van der Waals surface area (Å²) in [6.07, 6.45) is -2.06. The van der Waals surface area contributed by atoms with Gasteiger partial charge in [-0.3, -0.25) is 0 Å². The Kier molecular flexibility index (Phi) is 14.5. The summed E-state index contributed by atoms with van der Waals surface area (Å²) in [5.41, 5.74) is 1.83. The molecule has 4 rings (SSSR count). The standard InChI is InChI=1S/C36H48N2O10S/c1-5-43-35(44-6-2)18-19-45-36(40)37-31(20-27-12-14-29(15-13-27)46-24-28-10-8-7-9-11-28)32(39)23-38(22-26(3)4)49(41,42)30-16-17-33-34(21-30)48-25-47-33/h7-17,21,26,31-32,35,39H,5-6,18-20,22-25H2,1-4H3,(H,37,40). The zero-order valence-electron chi connectivity index (χ0n) is 28.6. The van der Waals surface area contributed by atoms with Crippen molar-refractivity contribution >= 4 is 16.1 Å². The van der Waals surface area contributed by atoms with Gasteiger partial charge >= 0.3 is 6.09 Å². The number of nitrogens with zero attached hydrogens (tertiary/aromatic N) is 1. The molecular formula is C36H48N2O10S. The summed E-state index contributed by atoms with van der Waals surface area (Å²) in [4.78, 5) is 13.0. The lowest BCUT2D eigenvalue weighted by Gasteiger charge is -2.30. The van der Waals surface area contributed by atoms with Gasteiger partial charge in [-0.25, -0.2) is 13.2 Å². The predicted octanol–water partition coefficient (Wildman–Crippen LogP) is 5.13. The predicted molar refractivity (Wildman–Crippen MR) is 183 cm³/mol. The van der Waals surface area contributed by atoms with Crippen LogP contribution in [-0.4, -0.2) is 82.1 Å². The highest BCUT2D eigenvalue weighted by atomic mass is 32.2. The third-order valence-corrected chi connectivity index (χ3v) is 9.46. The maximum Gasteiger partial charge on any atom is 0.407 e. The minimum atomic E-state index is -4.07. The molecule has 0 bridgehead atoms. The van der Waals surface area contributed by atoms with Crippen molar-refractivity contribution in [2.24, 2.45) is 5.92 Å². The average Bonchev–Trinajstić information content (AvgIpc) is 3.56. The molecule has 49 heavy (non-hydrogen) atoms. The largest absolute Gasteiger partial charge is 0.489 e. The Hall–Kier alpha value is -3.88. The van der Waals surface area contributed by atoms with E-state index in [4.69, 9.17) is 28.4 Å². The molecule has 1 aliphatic heterocycles. The van der Waals surface area contributed by atoms with Crippen LogP contribution in [0.4, 0.5) is 4.79 Å². The number of nitrogens with one attached hydrogen (secondary N) is 1. The van der Waals surface area contributed by atoms with Crippen molar-refractivity contribution in [3.8, 4) is 17.2 Å². The monoisotopic (exact) mass is 700 g/mol. The maximum absolute atomic E-state index is 13.9. The van der Waals surface area contributed by atoms with Crippen LogP contribution in [0.5, 0.6) is 17.2 Å². The van der Waals surface area contributed by atoms with Crippen molar-refractivity contribution in [1.82, 2.24) is 9.62 Å². The van der Waals surface area contributed by atoms with Gasteiger partial charge in [-0.15, -0.1) is 0 Å². The van der Waals surface area contributed by atoms with Crippen LogP contribution in [0.3, 0.4) is 0 Å². The third-order valence-electron chi connectivity index (χ3n) is 7.63. The van der Waals surface area contributed by atoms with Crippen LogP contribution >= 0.6 is 0 Å². The van der Waals surface area contributed by atoms with Crippen molar-refractivity contribution in [2.75, 3.05) is 39.7 Å². The topological polar surface area (TPSA) is 142 Å². The quantitative estimate of drug-likeness (QED) is 0.152. The van der Waals surface area contributed by atoms with Crippen LogP contribution in [0.2, 0.25) is 0 Å². The second kappa shape index (κ2) is 18.8. The fourth-order valence-corrected chi connectivity index (χ4v) is 6.87. The van der Waals surface area contributed by atoms with Gasteiger partial charge < -0.3 is 38.8 Å². The van der Waals surface area contributed by atoms with Crippen molar-refractivity contribution < 1.29 is 46.7 Å². The Morgan fingerprint density at radius 3 is 2.29 bits per heavy atom. The van der Waals surface area contributed by atoms with Gasteiger partial charge in [0.25, 0.3) is 0 Å².